The Kier molecular flexibility index (Phi) is 3.33. The molecule has 2 aromatic rings. The first-order valence-electron chi connectivity index (χ1n) is 5.80. The molecule has 4 heteroatoms. The zero-order valence-corrected chi connectivity index (χ0v) is 10.6. The SMILES string of the molecule is COCCCn1c(=O)n(C)c2ccc(C)cc21. The van der Waals surface area contributed by atoms with Crippen molar-refractivity contribution in [1.82, 2.24) is 9.13 Å². The fraction of sp³-hybridized carbons (Fsp3) is 0.462. The van der Waals surface area contributed by atoms with E-state index in [1.165, 1.54) is 5.56 Å². The molecule has 0 amide bonds. The molecule has 0 spiro atoms. The van der Waals surface area contributed by atoms with Crippen LogP contribution in [-0.2, 0) is 18.3 Å². The highest BCUT2D eigenvalue weighted by atomic mass is 16.5. The fourth-order valence-electron chi connectivity index (χ4n) is 2.10. The first-order chi connectivity index (χ1) is 8.15. The lowest BCUT2D eigenvalue weighted by Crippen LogP contribution is -2.22. The van der Waals surface area contributed by atoms with Crippen molar-refractivity contribution >= 4 is 11.0 Å². The number of aromatic nitrogens is 2. The number of aryl methyl sites for hydroxylation is 3. The quantitative estimate of drug-likeness (QED) is 0.755. The van der Waals surface area contributed by atoms with Gasteiger partial charge in [0.15, 0.2) is 0 Å². The molecule has 2 rings (SSSR count). The topological polar surface area (TPSA) is 36.2 Å². The molecule has 0 unspecified atom stereocenters. The predicted octanol–water partition coefficient (Wildman–Crippen LogP) is 1.68. The van der Waals surface area contributed by atoms with Crippen molar-refractivity contribution in [3.8, 4) is 0 Å². The van der Waals surface area contributed by atoms with Crippen molar-refractivity contribution in [1.29, 1.82) is 0 Å². The van der Waals surface area contributed by atoms with Crippen LogP contribution in [0.2, 0.25) is 0 Å². The molecule has 0 fully saturated rings. The molecular weight excluding hydrogens is 216 g/mol. The molecule has 1 heterocycles. The number of hydrogen-bond acceptors (Lipinski definition) is 2. The van der Waals surface area contributed by atoms with Gasteiger partial charge in [0.25, 0.3) is 0 Å². The minimum absolute atomic E-state index is 0.0432. The summed E-state index contributed by atoms with van der Waals surface area (Å²) >= 11 is 0. The molecule has 0 aliphatic carbocycles. The second-order valence-electron chi connectivity index (χ2n) is 4.33. The number of rotatable bonds is 4. The normalized spacial score (nSPS) is 11.2. The molecular formula is C13H18N2O2. The van der Waals surface area contributed by atoms with Crippen LogP contribution in [0.3, 0.4) is 0 Å². The third kappa shape index (κ3) is 2.13. The van der Waals surface area contributed by atoms with Crippen LogP contribution in [0.4, 0.5) is 0 Å². The highest BCUT2D eigenvalue weighted by Crippen LogP contribution is 2.14. The first kappa shape index (κ1) is 11.9. The molecule has 0 saturated carbocycles. The Morgan fingerprint density at radius 3 is 2.76 bits per heavy atom. The zero-order chi connectivity index (χ0) is 12.4. The van der Waals surface area contributed by atoms with Crippen LogP contribution in [0, 0.1) is 6.92 Å². The summed E-state index contributed by atoms with van der Waals surface area (Å²) in [7, 11) is 3.49. The molecule has 0 radical (unpaired) electrons. The number of hydrogen-bond donors (Lipinski definition) is 0. The van der Waals surface area contributed by atoms with E-state index in [1.807, 2.05) is 30.7 Å². The van der Waals surface area contributed by atoms with Crippen molar-refractivity contribution in [2.45, 2.75) is 19.9 Å². The fourth-order valence-corrected chi connectivity index (χ4v) is 2.10. The molecule has 0 aliphatic rings. The zero-order valence-electron chi connectivity index (χ0n) is 10.6. The van der Waals surface area contributed by atoms with Gasteiger partial charge in [0, 0.05) is 27.3 Å². The number of fused-ring (bicyclic) bond motifs is 1. The van der Waals surface area contributed by atoms with Gasteiger partial charge in [-0.3, -0.25) is 9.13 Å². The average Bonchev–Trinajstić information content (AvgIpc) is 2.54. The second kappa shape index (κ2) is 4.75. The van der Waals surface area contributed by atoms with Crippen LogP contribution in [0.25, 0.3) is 11.0 Å². The smallest absolute Gasteiger partial charge is 0.328 e. The molecule has 0 N–H and O–H groups in total. The predicted molar refractivity (Wildman–Crippen MR) is 68.4 cm³/mol. The maximum Gasteiger partial charge on any atom is 0.328 e. The van der Waals surface area contributed by atoms with Gasteiger partial charge >= 0.3 is 5.69 Å². The lowest BCUT2D eigenvalue weighted by molar-refractivity contribution is 0.190. The third-order valence-corrected chi connectivity index (χ3v) is 3.03. The Bertz CT molecular complexity index is 581. The van der Waals surface area contributed by atoms with E-state index in [1.54, 1.807) is 11.7 Å². The van der Waals surface area contributed by atoms with E-state index in [0.717, 1.165) is 17.5 Å². The Morgan fingerprint density at radius 1 is 1.29 bits per heavy atom. The van der Waals surface area contributed by atoms with Crippen molar-refractivity contribution in [2.24, 2.45) is 7.05 Å². The number of imidazole rings is 1. The van der Waals surface area contributed by atoms with E-state index >= 15 is 0 Å². The number of benzene rings is 1. The van der Waals surface area contributed by atoms with Crippen molar-refractivity contribution in [2.75, 3.05) is 13.7 Å². The van der Waals surface area contributed by atoms with Gasteiger partial charge in [0.1, 0.15) is 0 Å². The Morgan fingerprint density at radius 2 is 2.06 bits per heavy atom. The molecule has 17 heavy (non-hydrogen) atoms. The molecule has 1 aromatic heterocycles. The average molecular weight is 234 g/mol. The van der Waals surface area contributed by atoms with E-state index in [4.69, 9.17) is 4.74 Å². The van der Waals surface area contributed by atoms with E-state index < -0.39 is 0 Å². The lowest BCUT2D eigenvalue weighted by Gasteiger charge is -2.03. The maximum atomic E-state index is 12.1. The van der Waals surface area contributed by atoms with Crippen LogP contribution >= 0.6 is 0 Å². The Balaban J connectivity index is 2.49. The van der Waals surface area contributed by atoms with Crippen LogP contribution < -0.4 is 5.69 Å². The summed E-state index contributed by atoms with van der Waals surface area (Å²) in [5.74, 6) is 0. The summed E-state index contributed by atoms with van der Waals surface area (Å²) < 4.78 is 8.54. The highest BCUT2D eigenvalue weighted by molar-refractivity contribution is 5.76. The molecule has 92 valence electrons. The van der Waals surface area contributed by atoms with Gasteiger partial charge in [-0.2, -0.15) is 0 Å². The highest BCUT2D eigenvalue weighted by Gasteiger charge is 2.09. The van der Waals surface area contributed by atoms with Gasteiger partial charge in [-0.25, -0.2) is 4.79 Å². The summed E-state index contributed by atoms with van der Waals surface area (Å²) in [6.07, 6.45) is 0.851. The lowest BCUT2D eigenvalue weighted by atomic mass is 10.2. The van der Waals surface area contributed by atoms with Crippen molar-refractivity contribution < 1.29 is 4.74 Å². The first-order valence-corrected chi connectivity index (χ1v) is 5.80. The van der Waals surface area contributed by atoms with Crippen LogP contribution in [0.1, 0.15) is 12.0 Å². The largest absolute Gasteiger partial charge is 0.385 e. The summed E-state index contributed by atoms with van der Waals surface area (Å²) in [6, 6.07) is 6.09. The Hall–Kier alpha value is -1.55. The van der Waals surface area contributed by atoms with Gasteiger partial charge in [0.2, 0.25) is 0 Å². The van der Waals surface area contributed by atoms with Crippen LogP contribution in [0.5, 0.6) is 0 Å². The number of nitrogens with zero attached hydrogens (tertiary/aromatic N) is 2. The molecule has 4 nitrogen and oxygen atoms in total. The third-order valence-electron chi connectivity index (χ3n) is 3.03. The van der Waals surface area contributed by atoms with Gasteiger partial charge in [-0.05, 0) is 31.0 Å². The molecule has 1 aromatic carbocycles. The number of methoxy groups -OCH3 is 1. The minimum Gasteiger partial charge on any atom is -0.385 e. The number of ether oxygens (including phenoxy) is 1. The van der Waals surface area contributed by atoms with E-state index in [2.05, 4.69) is 6.07 Å². The van der Waals surface area contributed by atoms with Crippen LogP contribution in [0.15, 0.2) is 23.0 Å². The van der Waals surface area contributed by atoms with Gasteiger partial charge in [0.05, 0.1) is 11.0 Å². The summed E-state index contributed by atoms with van der Waals surface area (Å²) in [6.45, 7) is 3.42. The molecule has 0 bridgehead atoms. The van der Waals surface area contributed by atoms with Crippen LogP contribution in [-0.4, -0.2) is 22.9 Å². The van der Waals surface area contributed by atoms with Gasteiger partial charge in [-0.15, -0.1) is 0 Å². The minimum atomic E-state index is 0.0432. The van der Waals surface area contributed by atoms with Crippen molar-refractivity contribution in [3.63, 3.8) is 0 Å². The summed E-state index contributed by atoms with van der Waals surface area (Å²) in [4.78, 5) is 12.1. The van der Waals surface area contributed by atoms with E-state index in [-0.39, 0.29) is 5.69 Å². The Labute approximate surface area is 100 Å². The van der Waals surface area contributed by atoms with E-state index in [9.17, 15) is 4.79 Å². The van der Waals surface area contributed by atoms with Crippen molar-refractivity contribution in [3.05, 3.63) is 34.2 Å². The summed E-state index contributed by atoms with van der Waals surface area (Å²) in [5.41, 5.74) is 3.21. The molecule has 0 aliphatic heterocycles. The maximum absolute atomic E-state index is 12.1. The monoisotopic (exact) mass is 234 g/mol. The molecule has 0 saturated heterocycles. The van der Waals surface area contributed by atoms with E-state index in [0.29, 0.717) is 13.2 Å². The summed E-state index contributed by atoms with van der Waals surface area (Å²) in [5, 5.41) is 0. The van der Waals surface area contributed by atoms with Gasteiger partial charge < -0.3 is 4.74 Å². The second-order valence-corrected chi connectivity index (χ2v) is 4.33. The standard InChI is InChI=1S/C13H18N2O2/c1-10-5-6-11-12(9-10)15(7-4-8-17-3)13(16)14(11)2/h5-6,9H,4,7-8H2,1-3H3. The van der Waals surface area contributed by atoms with Gasteiger partial charge in [-0.1, -0.05) is 6.07 Å². The molecule has 0 atom stereocenters.